The lowest BCUT2D eigenvalue weighted by Gasteiger charge is -2.38. The van der Waals surface area contributed by atoms with Gasteiger partial charge in [0, 0.05) is 39.3 Å². The van der Waals surface area contributed by atoms with Gasteiger partial charge in [-0.05, 0) is 54.7 Å². The number of hydrogen-bond donors (Lipinski definition) is 0. The Labute approximate surface area is 215 Å². The number of sulfonamides is 1. The number of nitrogens with zero attached hydrogens (tertiary/aromatic N) is 4. The van der Waals surface area contributed by atoms with Crippen LogP contribution in [-0.4, -0.2) is 67.8 Å². The standard InChI is InChI=1S/C26H31FN4O3S2/c1-18(2)22-6-3-7-23-24(22)28-26(35-23)30-15-13-29(14-16-30)25(32)19-5-4-12-31(17-19)36(33,34)21-10-8-20(27)9-11-21/h3,6-11,18-19H,4-5,12-17H2,1-2H3. The largest absolute Gasteiger partial charge is 0.345 e. The molecule has 0 N–H and O–H groups in total. The predicted molar refractivity (Wildman–Crippen MR) is 140 cm³/mol. The molecule has 3 aromatic rings. The number of piperazine rings is 1. The van der Waals surface area contributed by atoms with E-state index in [9.17, 15) is 17.6 Å². The van der Waals surface area contributed by atoms with Crippen LogP contribution in [0.1, 0.15) is 38.2 Å². The van der Waals surface area contributed by atoms with E-state index in [0.717, 1.165) is 22.8 Å². The van der Waals surface area contributed by atoms with E-state index >= 15 is 0 Å². The number of fused-ring (bicyclic) bond motifs is 1. The summed E-state index contributed by atoms with van der Waals surface area (Å²) in [5.41, 5.74) is 2.32. The number of para-hydroxylation sites is 1. The maximum Gasteiger partial charge on any atom is 0.243 e. The van der Waals surface area contributed by atoms with E-state index in [4.69, 9.17) is 4.98 Å². The van der Waals surface area contributed by atoms with Crippen LogP contribution in [0.3, 0.4) is 0 Å². The summed E-state index contributed by atoms with van der Waals surface area (Å²) in [4.78, 5) is 22.4. The SMILES string of the molecule is CC(C)c1cccc2sc(N3CCN(C(=O)C4CCCN(S(=O)(=O)c5ccc(F)cc5)C4)CC3)nc12. The predicted octanol–water partition coefficient (Wildman–Crippen LogP) is 4.31. The topological polar surface area (TPSA) is 73.8 Å². The summed E-state index contributed by atoms with van der Waals surface area (Å²) in [6.45, 7) is 7.46. The molecule has 5 rings (SSSR count). The van der Waals surface area contributed by atoms with Crippen LogP contribution in [0.15, 0.2) is 47.4 Å². The summed E-state index contributed by atoms with van der Waals surface area (Å²) < 4.78 is 41.9. The van der Waals surface area contributed by atoms with E-state index in [1.807, 2.05) is 4.90 Å². The van der Waals surface area contributed by atoms with Gasteiger partial charge in [0.1, 0.15) is 5.82 Å². The molecule has 2 aliphatic rings. The molecule has 0 saturated carbocycles. The Morgan fingerprint density at radius 1 is 1.06 bits per heavy atom. The molecule has 1 unspecified atom stereocenters. The minimum Gasteiger partial charge on any atom is -0.345 e. The molecule has 2 saturated heterocycles. The van der Waals surface area contributed by atoms with Crippen molar-refractivity contribution in [3.05, 3.63) is 53.8 Å². The first kappa shape index (κ1) is 25.1. The first-order valence-electron chi connectivity index (χ1n) is 12.4. The molecule has 1 aromatic heterocycles. The molecule has 0 radical (unpaired) electrons. The van der Waals surface area contributed by atoms with Crippen LogP contribution in [0.2, 0.25) is 0 Å². The van der Waals surface area contributed by atoms with Gasteiger partial charge in [-0.1, -0.05) is 37.3 Å². The minimum absolute atomic E-state index is 0.0139. The molecule has 0 bridgehead atoms. The van der Waals surface area contributed by atoms with Crippen molar-refractivity contribution in [2.75, 3.05) is 44.2 Å². The van der Waals surface area contributed by atoms with Gasteiger partial charge in [0.25, 0.3) is 0 Å². The fourth-order valence-electron chi connectivity index (χ4n) is 5.05. The monoisotopic (exact) mass is 530 g/mol. The average Bonchev–Trinajstić information content (AvgIpc) is 3.33. The second-order valence-corrected chi connectivity index (χ2v) is 12.8. The summed E-state index contributed by atoms with van der Waals surface area (Å²) in [7, 11) is -3.76. The Balaban J connectivity index is 1.23. The van der Waals surface area contributed by atoms with Crippen LogP contribution in [0, 0.1) is 11.7 Å². The second kappa shape index (κ2) is 10.1. The number of anilines is 1. The fourth-order valence-corrected chi connectivity index (χ4v) is 7.63. The van der Waals surface area contributed by atoms with Gasteiger partial charge in [0.2, 0.25) is 15.9 Å². The molecule has 3 heterocycles. The molecule has 1 amide bonds. The summed E-state index contributed by atoms with van der Waals surface area (Å²) in [6, 6.07) is 11.2. The quantitative estimate of drug-likeness (QED) is 0.492. The molecule has 10 heteroatoms. The zero-order chi connectivity index (χ0) is 25.4. The van der Waals surface area contributed by atoms with Gasteiger partial charge in [-0.15, -0.1) is 0 Å². The van der Waals surface area contributed by atoms with Gasteiger partial charge in [0.15, 0.2) is 5.13 Å². The Hall–Kier alpha value is -2.56. The molecular formula is C26H31FN4O3S2. The number of thiazole rings is 1. The van der Waals surface area contributed by atoms with Gasteiger partial charge in [-0.3, -0.25) is 4.79 Å². The van der Waals surface area contributed by atoms with Crippen molar-refractivity contribution >= 4 is 42.6 Å². The van der Waals surface area contributed by atoms with Crippen LogP contribution >= 0.6 is 11.3 Å². The second-order valence-electron chi connectivity index (χ2n) is 9.81. The summed E-state index contributed by atoms with van der Waals surface area (Å²) in [5.74, 6) is -0.428. The van der Waals surface area contributed by atoms with Gasteiger partial charge < -0.3 is 9.80 Å². The van der Waals surface area contributed by atoms with Crippen molar-refractivity contribution in [2.24, 2.45) is 5.92 Å². The molecule has 2 aromatic carbocycles. The molecule has 1 atom stereocenters. The number of benzene rings is 2. The van der Waals surface area contributed by atoms with E-state index in [2.05, 4.69) is 36.9 Å². The molecule has 0 spiro atoms. The van der Waals surface area contributed by atoms with E-state index in [0.29, 0.717) is 51.5 Å². The Morgan fingerprint density at radius 3 is 2.47 bits per heavy atom. The molecule has 192 valence electrons. The number of amides is 1. The summed E-state index contributed by atoms with van der Waals surface area (Å²) in [5, 5.41) is 0.986. The van der Waals surface area contributed by atoms with Gasteiger partial charge in [0.05, 0.1) is 21.0 Å². The third kappa shape index (κ3) is 4.86. The summed E-state index contributed by atoms with van der Waals surface area (Å²) in [6.07, 6.45) is 1.30. The summed E-state index contributed by atoms with van der Waals surface area (Å²) >= 11 is 1.69. The highest BCUT2D eigenvalue weighted by molar-refractivity contribution is 7.89. The fraction of sp³-hybridized carbons (Fsp3) is 0.462. The molecule has 2 aliphatic heterocycles. The molecule has 0 aliphatic carbocycles. The van der Waals surface area contributed by atoms with E-state index < -0.39 is 15.8 Å². The number of carbonyl (C=O) groups is 1. The third-order valence-electron chi connectivity index (χ3n) is 7.11. The van der Waals surface area contributed by atoms with Crippen molar-refractivity contribution in [2.45, 2.75) is 37.5 Å². The lowest BCUT2D eigenvalue weighted by Crippen LogP contribution is -2.53. The van der Waals surface area contributed by atoms with Crippen molar-refractivity contribution in [1.29, 1.82) is 0 Å². The van der Waals surface area contributed by atoms with E-state index in [1.54, 1.807) is 11.3 Å². The normalized spacial score (nSPS) is 19.8. The van der Waals surface area contributed by atoms with Crippen molar-refractivity contribution in [1.82, 2.24) is 14.2 Å². The van der Waals surface area contributed by atoms with Crippen LogP contribution in [0.4, 0.5) is 9.52 Å². The number of carbonyl (C=O) groups excluding carboxylic acids is 1. The molecule has 7 nitrogen and oxygen atoms in total. The lowest BCUT2D eigenvalue weighted by atomic mass is 9.98. The number of piperidine rings is 1. The van der Waals surface area contributed by atoms with E-state index in [1.165, 1.54) is 26.7 Å². The Kier molecular flexibility index (Phi) is 7.02. The molecule has 36 heavy (non-hydrogen) atoms. The van der Waals surface area contributed by atoms with Crippen LogP contribution in [-0.2, 0) is 14.8 Å². The van der Waals surface area contributed by atoms with Crippen LogP contribution in [0.25, 0.3) is 10.2 Å². The number of aromatic nitrogens is 1. The average molecular weight is 531 g/mol. The van der Waals surface area contributed by atoms with Crippen LogP contribution in [0.5, 0.6) is 0 Å². The molecule has 2 fully saturated rings. The maximum absolute atomic E-state index is 13.3. The number of halogens is 1. The van der Waals surface area contributed by atoms with Gasteiger partial charge in [-0.25, -0.2) is 17.8 Å². The smallest absolute Gasteiger partial charge is 0.243 e. The molecular weight excluding hydrogens is 499 g/mol. The van der Waals surface area contributed by atoms with Crippen LogP contribution < -0.4 is 4.90 Å². The van der Waals surface area contributed by atoms with Gasteiger partial charge >= 0.3 is 0 Å². The Morgan fingerprint density at radius 2 is 1.78 bits per heavy atom. The minimum atomic E-state index is -3.76. The van der Waals surface area contributed by atoms with Crippen molar-refractivity contribution in [3.8, 4) is 0 Å². The lowest BCUT2D eigenvalue weighted by molar-refractivity contribution is -0.137. The zero-order valence-electron chi connectivity index (χ0n) is 20.6. The highest BCUT2D eigenvalue weighted by Gasteiger charge is 2.36. The number of rotatable bonds is 5. The van der Waals surface area contributed by atoms with E-state index in [-0.39, 0.29) is 23.3 Å². The highest BCUT2D eigenvalue weighted by Crippen LogP contribution is 2.34. The van der Waals surface area contributed by atoms with Crippen molar-refractivity contribution in [3.63, 3.8) is 0 Å². The highest BCUT2D eigenvalue weighted by atomic mass is 32.2. The van der Waals surface area contributed by atoms with Crippen molar-refractivity contribution < 1.29 is 17.6 Å². The first-order valence-corrected chi connectivity index (χ1v) is 14.7. The first-order chi connectivity index (χ1) is 17.2. The zero-order valence-corrected chi connectivity index (χ0v) is 22.2. The van der Waals surface area contributed by atoms with Gasteiger partial charge in [-0.2, -0.15) is 4.31 Å². The third-order valence-corrected chi connectivity index (χ3v) is 10.1. The number of hydrogen-bond acceptors (Lipinski definition) is 6. The maximum atomic E-state index is 13.3. The Bertz CT molecular complexity index is 1350.